The van der Waals surface area contributed by atoms with Crippen molar-refractivity contribution < 1.29 is 4.74 Å². The molecule has 0 saturated carbocycles. The number of nitrogens with zero attached hydrogens (tertiary/aromatic N) is 4. The van der Waals surface area contributed by atoms with Gasteiger partial charge in [-0.2, -0.15) is 0 Å². The summed E-state index contributed by atoms with van der Waals surface area (Å²) in [6.07, 6.45) is 0. The van der Waals surface area contributed by atoms with E-state index in [1.165, 1.54) is 11.8 Å². The Labute approximate surface area is 103 Å². The maximum absolute atomic E-state index is 5.70. The number of hydrogen-bond donors (Lipinski definition) is 1. The van der Waals surface area contributed by atoms with E-state index in [0.717, 1.165) is 16.0 Å². The zero-order valence-corrected chi connectivity index (χ0v) is 10.7. The number of hydrogen-bond acceptors (Lipinski definition) is 6. The highest BCUT2D eigenvalue weighted by Gasteiger charge is 2.09. The van der Waals surface area contributed by atoms with E-state index in [2.05, 4.69) is 15.2 Å². The van der Waals surface area contributed by atoms with Crippen molar-refractivity contribution in [3.8, 4) is 5.88 Å². The van der Waals surface area contributed by atoms with E-state index in [4.69, 9.17) is 10.5 Å². The summed E-state index contributed by atoms with van der Waals surface area (Å²) in [5.74, 6) is 1.28. The standard InChI is InChI=1S/C10H13N5OS/c1-6-13-14-10(15(6)2)17-8-5-4-7(11)9(12-8)16-3/h4-5H,11H2,1-3H3. The Kier molecular flexibility index (Phi) is 3.19. The summed E-state index contributed by atoms with van der Waals surface area (Å²) < 4.78 is 6.96. The smallest absolute Gasteiger partial charge is 0.237 e. The number of aryl methyl sites for hydroxylation is 1. The fraction of sp³-hybridized carbons (Fsp3) is 0.300. The van der Waals surface area contributed by atoms with E-state index in [-0.39, 0.29) is 0 Å². The Hall–Kier alpha value is -1.76. The molecule has 2 aromatic heterocycles. The Bertz CT molecular complexity index is 539. The molecule has 7 heteroatoms. The van der Waals surface area contributed by atoms with Gasteiger partial charge in [0.1, 0.15) is 10.9 Å². The van der Waals surface area contributed by atoms with Crippen molar-refractivity contribution in [2.24, 2.45) is 7.05 Å². The van der Waals surface area contributed by atoms with Crippen LogP contribution >= 0.6 is 11.8 Å². The van der Waals surface area contributed by atoms with Crippen LogP contribution in [0.25, 0.3) is 0 Å². The highest BCUT2D eigenvalue weighted by Crippen LogP contribution is 2.28. The van der Waals surface area contributed by atoms with E-state index in [9.17, 15) is 0 Å². The average molecular weight is 251 g/mol. The lowest BCUT2D eigenvalue weighted by Gasteiger charge is -2.05. The number of nitrogen functional groups attached to an aromatic ring is 1. The first-order valence-electron chi connectivity index (χ1n) is 4.96. The molecule has 2 rings (SSSR count). The van der Waals surface area contributed by atoms with Crippen LogP contribution in [0.5, 0.6) is 5.88 Å². The molecule has 0 saturated heterocycles. The van der Waals surface area contributed by atoms with Gasteiger partial charge in [0.15, 0.2) is 5.16 Å². The molecule has 2 heterocycles. The average Bonchev–Trinajstić information content (AvgIpc) is 2.63. The molecule has 0 fully saturated rings. The second-order valence-corrected chi connectivity index (χ2v) is 4.43. The van der Waals surface area contributed by atoms with E-state index in [0.29, 0.717) is 11.6 Å². The minimum absolute atomic E-state index is 0.425. The number of rotatable bonds is 3. The van der Waals surface area contributed by atoms with Crippen LogP contribution in [0, 0.1) is 6.92 Å². The second-order valence-electron chi connectivity index (χ2n) is 3.44. The molecule has 0 unspecified atom stereocenters. The minimum atomic E-state index is 0.425. The highest BCUT2D eigenvalue weighted by molar-refractivity contribution is 7.99. The van der Waals surface area contributed by atoms with Gasteiger partial charge in [0.25, 0.3) is 0 Å². The lowest BCUT2D eigenvalue weighted by atomic mass is 10.4. The van der Waals surface area contributed by atoms with Crippen molar-refractivity contribution in [2.45, 2.75) is 17.1 Å². The molecule has 0 aliphatic heterocycles. The van der Waals surface area contributed by atoms with Gasteiger partial charge in [-0.15, -0.1) is 10.2 Å². The summed E-state index contributed by atoms with van der Waals surface area (Å²) in [4.78, 5) is 4.27. The summed E-state index contributed by atoms with van der Waals surface area (Å²) in [5, 5.41) is 9.58. The molecule has 0 aliphatic carbocycles. The first-order chi connectivity index (χ1) is 8.11. The third-order valence-corrected chi connectivity index (χ3v) is 3.28. The van der Waals surface area contributed by atoms with Crippen LogP contribution in [-0.4, -0.2) is 26.9 Å². The van der Waals surface area contributed by atoms with E-state index in [1.807, 2.05) is 24.6 Å². The Morgan fingerprint density at radius 1 is 1.35 bits per heavy atom. The molecule has 0 aliphatic rings. The van der Waals surface area contributed by atoms with E-state index < -0.39 is 0 Å². The topological polar surface area (TPSA) is 78.9 Å². The van der Waals surface area contributed by atoms with Gasteiger partial charge in [-0.1, -0.05) is 0 Å². The fourth-order valence-electron chi connectivity index (χ4n) is 1.22. The highest BCUT2D eigenvalue weighted by atomic mass is 32.2. The number of methoxy groups -OCH3 is 1. The number of ether oxygens (including phenoxy) is 1. The summed E-state index contributed by atoms with van der Waals surface area (Å²) in [7, 11) is 3.45. The summed E-state index contributed by atoms with van der Waals surface area (Å²) in [6.45, 7) is 1.90. The van der Waals surface area contributed by atoms with Crippen molar-refractivity contribution in [3.63, 3.8) is 0 Å². The Balaban J connectivity index is 2.27. The number of pyridine rings is 1. The van der Waals surface area contributed by atoms with Crippen LogP contribution in [0.3, 0.4) is 0 Å². The number of anilines is 1. The van der Waals surface area contributed by atoms with Gasteiger partial charge in [0.2, 0.25) is 5.88 Å². The van der Waals surface area contributed by atoms with Crippen molar-refractivity contribution in [1.82, 2.24) is 19.7 Å². The quantitative estimate of drug-likeness (QED) is 0.884. The molecule has 0 radical (unpaired) electrons. The monoisotopic (exact) mass is 251 g/mol. The maximum Gasteiger partial charge on any atom is 0.237 e. The van der Waals surface area contributed by atoms with Crippen molar-refractivity contribution in [1.29, 1.82) is 0 Å². The third kappa shape index (κ3) is 2.33. The normalized spacial score (nSPS) is 10.5. The van der Waals surface area contributed by atoms with Gasteiger partial charge in [-0.3, -0.25) is 0 Å². The molecule has 0 aromatic carbocycles. The SMILES string of the molecule is COc1nc(Sc2nnc(C)n2C)ccc1N. The molecular formula is C10H13N5OS. The second kappa shape index (κ2) is 4.62. The molecule has 90 valence electrons. The van der Waals surface area contributed by atoms with Crippen LogP contribution in [0.2, 0.25) is 0 Å². The van der Waals surface area contributed by atoms with E-state index >= 15 is 0 Å². The van der Waals surface area contributed by atoms with Gasteiger partial charge in [0, 0.05) is 7.05 Å². The first kappa shape index (κ1) is 11.7. The van der Waals surface area contributed by atoms with Gasteiger partial charge >= 0.3 is 0 Å². The molecule has 0 amide bonds. The van der Waals surface area contributed by atoms with Crippen molar-refractivity contribution in [2.75, 3.05) is 12.8 Å². The molecule has 2 N–H and O–H groups in total. The van der Waals surface area contributed by atoms with Crippen LogP contribution in [-0.2, 0) is 7.05 Å². The molecule has 17 heavy (non-hydrogen) atoms. The Morgan fingerprint density at radius 3 is 2.71 bits per heavy atom. The molecule has 0 spiro atoms. The zero-order valence-electron chi connectivity index (χ0n) is 9.84. The molecule has 0 atom stereocenters. The van der Waals surface area contributed by atoms with Gasteiger partial charge in [-0.05, 0) is 30.8 Å². The predicted molar refractivity (Wildman–Crippen MR) is 65.1 cm³/mol. The van der Waals surface area contributed by atoms with Crippen molar-refractivity contribution in [3.05, 3.63) is 18.0 Å². The van der Waals surface area contributed by atoms with Gasteiger partial charge in [-0.25, -0.2) is 4.98 Å². The molecule has 0 bridgehead atoms. The van der Waals surface area contributed by atoms with E-state index in [1.54, 1.807) is 13.2 Å². The number of aromatic nitrogens is 4. The lowest BCUT2D eigenvalue weighted by Crippen LogP contribution is -1.97. The van der Waals surface area contributed by atoms with Gasteiger partial charge < -0.3 is 15.0 Å². The lowest BCUT2D eigenvalue weighted by molar-refractivity contribution is 0.397. The maximum atomic E-state index is 5.70. The molecule has 2 aromatic rings. The zero-order chi connectivity index (χ0) is 12.4. The fourth-order valence-corrected chi connectivity index (χ4v) is 2.03. The van der Waals surface area contributed by atoms with Gasteiger partial charge in [0.05, 0.1) is 12.8 Å². The molecular weight excluding hydrogens is 238 g/mol. The largest absolute Gasteiger partial charge is 0.480 e. The van der Waals surface area contributed by atoms with Crippen LogP contribution in [0.1, 0.15) is 5.82 Å². The predicted octanol–water partition coefficient (Wildman–Crippen LogP) is 1.26. The summed E-state index contributed by atoms with van der Waals surface area (Å²) in [5.41, 5.74) is 6.22. The summed E-state index contributed by atoms with van der Waals surface area (Å²) >= 11 is 1.42. The number of nitrogens with two attached hydrogens (primary N) is 1. The summed E-state index contributed by atoms with van der Waals surface area (Å²) in [6, 6.07) is 3.59. The minimum Gasteiger partial charge on any atom is -0.480 e. The van der Waals surface area contributed by atoms with Crippen LogP contribution < -0.4 is 10.5 Å². The third-order valence-electron chi connectivity index (χ3n) is 2.31. The van der Waals surface area contributed by atoms with Crippen LogP contribution in [0.15, 0.2) is 22.3 Å². The Morgan fingerprint density at radius 2 is 2.12 bits per heavy atom. The van der Waals surface area contributed by atoms with Crippen LogP contribution in [0.4, 0.5) is 5.69 Å². The van der Waals surface area contributed by atoms with Crippen molar-refractivity contribution >= 4 is 17.4 Å². The molecule has 6 nitrogen and oxygen atoms in total. The first-order valence-corrected chi connectivity index (χ1v) is 5.78.